The van der Waals surface area contributed by atoms with Crippen molar-refractivity contribution in [3.63, 3.8) is 0 Å². The van der Waals surface area contributed by atoms with Crippen LogP contribution in [-0.2, 0) is 11.2 Å². The number of hydrogen-bond acceptors (Lipinski definition) is 9. The lowest BCUT2D eigenvalue weighted by Crippen LogP contribution is -2.10. The third-order valence-electron chi connectivity index (χ3n) is 4.96. The minimum absolute atomic E-state index is 0.0244. The maximum absolute atomic E-state index is 12.7. The third-order valence-corrected chi connectivity index (χ3v) is 4.96. The van der Waals surface area contributed by atoms with E-state index in [0.29, 0.717) is 28.3 Å². The largest absolute Gasteiger partial charge is 0.479 e. The highest BCUT2D eigenvalue weighted by Gasteiger charge is 2.30. The number of Topliss-reactive ketones (excluding diaryl/α,β-unsaturated/α-hetero) is 1. The normalized spacial score (nSPS) is 13.5. The van der Waals surface area contributed by atoms with Crippen LogP contribution < -0.4 is 14.2 Å². The smallest absolute Gasteiger partial charge is 0.311 e. The summed E-state index contributed by atoms with van der Waals surface area (Å²) in [4.78, 5) is 35.5. The van der Waals surface area contributed by atoms with E-state index in [1.165, 1.54) is 43.5 Å². The second-order valence-corrected chi connectivity index (χ2v) is 7.17. The fraction of sp³-hybridized carbons (Fsp3) is 0.174. The van der Waals surface area contributed by atoms with Gasteiger partial charge < -0.3 is 18.7 Å². The molecule has 0 saturated heterocycles. The van der Waals surface area contributed by atoms with Gasteiger partial charge in [0.1, 0.15) is 17.3 Å². The van der Waals surface area contributed by atoms with E-state index in [-0.39, 0.29) is 41.6 Å². The molecule has 168 valence electrons. The molecule has 2 aromatic carbocycles. The summed E-state index contributed by atoms with van der Waals surface area (Å²) in [5.41, 5.74) is 1.16. The lowest BCUT2D eigenvalue weighted by Gasteiger charge is -2.09. The van der Waals surface area contributed by atoms with E-state index in [2.05, 4.69) is 5.16 Å². The molecule has 0 radical (unpaired) electrons. The van der Waals surface area contributed by atoms with Crippen LogP contribution in [0.5, 0.6) is 17.4 Å². The third kappa shape index (κ3) is 4.59. The topological polar surface area (TPSA) is 131 Å². The highest BCUT2D eigenvalue weighted by atomic mass is 16.6. The maximum Gasteiger partial charge on any atom is 0.311 e. The van der Waals surface area contributed by atoms with Crippen molar-refractivity contribution in [1.82, 2.24) is 5.16 Å². The van der Waals surface area contributed by atoms with Crippen LogP contribution in [0.1, 0.15) is 33.7 Å². The van der Waals surface area contributed by atoms with Gasteiger partial charge in [0.2, 0.25) is 5.78 Å². The number of aromatic nitrogens is 1. The monoisotopic (exact) mass is 450 g/mol. The van der Waals surface area contributed by atoms with Crippen molar-refractivity contribution in [2.75, 3.05) is 7.11 Å². The summed E-state index contributed by atoms with van der Waals surface area (Å²) in [6.45, 7) is 1.67. The molecule has 4 rings (SSSR count). The van der Waals surface area contributed by atoms with Gasteiger partial charge in [-0.1, -0.05) is 12.1 Å². The first kappa shape index (κ1) is 21.8. The molecular formula is C23H18N2O8. The number of non-ortho nitro benzene ring substituents is 1. The molecule has 0 unspecified atom stereocenters. The molecule has 33 heavy (non-hydrogen) atoms. The second kappa shape index (κ2) is 8.95. The number of carbonyl (C=O) groups excluding carboxylic acids is 2. The standard InChI is InChI=1S/C23H18N2O8/c1-13-18(31-21(26)9-6-16-12-20(30-2)24-33-16)8-7-17-22(27)19(32-23(13)17)11-14-4-3-5-15(10-14)25(28)29/h3-5,7-8,10-12H,6,9H2,1-2H3/b19-11-. The number of fused-ring (bicyclic) bond motifs is 1. The van der Waals surface area contributed by atoms with Gasteiger partial charge in [0.15, 0.2) is 5.76 Å². The number of aryl methyl sites for hydroxylation is 1. The molecule has 10 heteroatoms. The van der Waals surface area contributed by atoms with Crippen LogP contribution in [0, 0.1) is 17.0 Å². The molecule has 2 heterocycles. The fourth-order valence-corrected chi connectivity index (χ4v) is 3.27. The zero-order valence-corrected chi connectivity index (χ0v) is 17.7. The molecule has 0 atom stereocenters. The predicted molar refractivity (Wildman–Crippen MR) is 114 cm³/mol. The number of ether oxygens (including phenoxy) is 3. The lowest BCUT2D eigenvalue weighted by atomic mass is 10.1. The number of methoxy groups -OCH3 is 1. The minimum Gasteiger partial charge on any atom is -0.479 e. The van der Waals surface area contributed by atoms with Gasteiger partial charge in [0, 0.05) is 30.2 Å². The van der Waals surface area contributed by atoms with Gasteiger partial charge in [-0.3, -0.25) is 19.7 Å². The molecule has 10 nitrogen and oxygen atoms in total. The zero-order chi connectivity index (χ0) is 23.5. The predicted octanol–water partition coefficient (Wildman–Crippen LogP) is 4.05. The number of benzene rings is 2. The first-order chi connectivity index (χ1) is 15.9. The minimum atomic E-state index is -0.516. The van der Waals surface area contributed by atoms with Gasteiger partial charge in [-0.15, -0.1) is 0 Å². The maximum atomic E-state index is 12.7. The van der Waals surface area contributed by atoms with Gasteiger partial charge in [-0.2, -0.15) is 0 Å². The second-order valence-electron chi connectivity index (χ2n) is 7.17. The number of esters is 1. The quantitative estimate of drug-likeness (QED) is 0.172. The van der Waals surface area contributed by atoms with Crippen molar-refractivity contribution in [3.8, 4) is 17.4 Å². The van der Waals surface area contributed by atoms with Crippen molar-refractivity contribution in [1.29, 1.82) is 0 Å². The summed E-state index contributed by atoms with van der Waals surface area (Å²) in [6, 6.07) is 10.5. The van der Waals surface area contributed by atoms with Gasteiger partial charge in [0.05, 0.1) is 24.0 Å². The Morgan fingerprint density at radius 2 is 2.06 bits per heavy atom. The van der Waals surface area contributed by atoms with Crippen molar-refractivity contribution in [3.05, 3.63) is 80.8 Å². The van der Waals surface area contributed by atoms with E-state index in [0.717, 1.165) is 0 Å². The number of nitrogens with zero attached hydrogens (tertiary/aromatic N) is 2. The summed E-state index contributed by atoms with van der Waals surface area (Å²) in [5.74, 6) is 0.515. The van der Waals surface area contributed by atoms with Gasteiger partial charge >= 0.3 is 5.97 Å². The van der Waals surface area contributed by atoms with Crippen LogP contribution in [0.3, 0.4) is 0 Å². The molecular weight excluding hydrogens is 432 g/mol. The SMILES string of the molecule is COc1cc(CCC(=O)Oc2ccc3c(c2C)O/C(=C\c2cccc([N+](=O)[O-])c2)C3=O)on1. The number of rotatable bonds is 7. The van der Waals surface area contributed by atoms with E-state index in [1.807, 2.05) is 0 Å². The number of allylic oxidation sites excluding steroid dienone is 1. The molecule has 0 amide bonds. The van der Waals surface area contributed by atoms with Gasteiger partial charge in [0.25, 0.3) is 11.6 Å². The van der Waals surface area contributed by atoms with E-state index >= 15 is 0 Å². The van der Waals surface area contributed by atoms with Crippen LogP contribution in [0.25, 0.3) is 6.08 Å². The Labute approximate surface area is 187 Å². The van der Waals surface area contributed by atoms with Crippen LogP contribution in [0.4, 0.5) is 5.69 Å². The Balaban J connectivity index is 1.48. The summed E-state index contributed by atoms with van der Waals surface area (Å²) in [5, 5.41) is 14.6. The summed E-state index contributed by atoms with van der Waals surface area (Å²) < 4.78 is 21.2. The number of hydrogen-bond donors (Lipinski definition) is 0. The molecule has 0 spiro atoms. The Kier molecular flexibility index (Phi) is 5.90. The highest BCUT2D eigenvalue weighted by molar-refractivity contribution is 6.15. The van der Waals surface area contributed by atoms with Crippen LogP contribution in [-0.4, -0.2) is 28.9 Å². The van der Waals surface area contributed by atoms with Crippen molar-refractivity contribution in [2.45, 2.75) is 19.8 Å². The summed E-state index contributed by atoms with van der Waals surface area (Å²) in [7, 11) is 1.46. The first-order valence-corrected chi connectivity index (χ1v) is 9.88. The van der Waals surface area contributed by atoms with Gasteiger partial charge in [-0.25, -0.2) is 0 Å². The molecule has 0 fully saturated rings. The van der Waals surface area contributed by atoms with Crippen LogP contribution in [0.2, 0.25) is 0 Å². The molecule has 0 aliphatic carbocycles. The van der Waals surface area contributed by atoms with Gasteiger partial charge in [-0.05, 0) is 35.9 Å². The Bertz CT molecular complexity index is 1290. The molecule has 1 aliphatic heterocycles. The average molecular weight is 450 g/mol. The average Bonchev–Trinajstić information content (AvgIpc) is 3.39. The van der Waals surface area contributed by atoms with E-state index in [4.69, 9.17) is 18.7 Å². The molecule has 3 aromatic rings. The molecule has 0 bridgehead atoms. The lowest BCUT2D eigenvalue weighted by molar-refractivity contribution is -0.384. The molecule has 0 N–H and O–H groups in total. The molecule has 0 saturated carbocycles. The van der Waals surface area contributed by atoms with Crippen molar-refractivity contribution < 1.29 is 33.2 Å². The Morgan fingerprint density at radius 1 is 1.24 bits per heavy atom. The number of ketones is 1. The Hall–Kier alpha value is -4.47. The van der Waals surface area contributed by atoms with Crippen LogP contribution in [0.15, 0.2) is 52.7 Å². The van der Waals surface area contributed by atoms with E-state index in [1.54, 1.807) is 19.1 Å². The van der Waals surface area contributed by atoms with Crippen LogP contribution >= 0.6 is 0 Å². The zero-order valence-electron chi connectivity index (χ0n) is 17.7. The highest BCUT2D eigenvalue weighted by Crippen LogP contribution is 2.39. The number of nitro groups is 1. The number of carbonyl (C=O) groups is 2. The van der Waals surface area contributed by atoms with E-state index < -0.39 is 10.9 Å². The fourth-order valence-electron chi connectivity index (χ4n) is 3.27. The summed E-state index contributed by atoms with van der Waals surface area (Å²) in [6.07, 6.45) is 1.77. The molecule has 1 aliphatic rings. The summed E-state index contributed by atoms with van der Waals surface area (Å²) >= 11 is 0. The first-order valence-electron chi connectivity index (χ1n) is 9.88. The van der Waals surface area contributed by atoms with Crippen molar-refractivity contribution in [2.24, 2.45) is 0 Å². The number of nitro benzene ring substituents is 1. The Morgan fingerprint density at radius 3 is 2.79 bits per heavy atom. The molecule has 1 aromatic heterocycles. The van der Waals surface area contributed by atoms with Crippen molar-refractivity contribution >= 4 is 23.5 Å². The van der Waals surface area contributed by atoms with E-state index in [9.17, 15) is 19.7 Å².